The molecule has 2 rings (SSSR count). The molecule has 0 bridgehead atoms. The van der Waals surface area contributed by atoms with Crippen molar-refractivity contribution in [1.82, 2.24) is 20.2 Å². The number of aromatic nitrogens is 4. The maximum Gasteiger partial charge on any atom is 0.143 e. The van der Waals surface area contributed by atoms with Gasteiger partial charge in [0.05, 0.1) is 23.0 Å². The van der Waals surface area contributed by atoms with Gasteiger partial charge in [-0.3, -0.25) is 0 Å². The van der Waals surface area contributed by atoms with Crippen LogP contribution in [0.15, 0.2) is 24.5 Å². The second-order valence-corrected chi connectivity index (χ2v) is 2.64. The van der Waals surface area contributed by atoms with Crippen molar-refractivity contribution in [3.05, 3.63) is 30.1 Å². The molecule has 0 aliphatic carbocycles. The molecule has 0 saturated heterocycles. The van der Waals surface area contributed by atoms with E-state index in [2.05, 4.69) is 15.5 Å². The van der Waals surface area contributed by atoms with Crippen LogP contribution in [0.1, 0.15) is 5.56 Å². The second-order valence-electron chi connectivity index (χ2n) is 2.64. The Labute approximate surface area is 79.6 Å². The van der Waals surface area contributed by atoms with Gasteiger partial charge in [-0.1, -0.05) is 0 Å². The number of benzene rings is 1. The van der Waals surface area contributed by atoms with Gasteiger partial charge in [-0.25, -0.2) is 0 Å². The number of anilines is 1. The molecular weight excluding hydrogens is 180 g/mol. The van der Waals surface area contributed by atoms with Gasteiger partial charge >= 0.3 is 0 Å². The highest BCUT2D eigenvalue weighted by Gasteiger charge is 2.03. The number of rotatable bonds is 1. The van der Waals surface area contributed by atoms with Gasteiger partial charge in [-0.2, -0.15) is 9.94 Å². The predicted octanol–water partition coefficient (Wildman–Crippen LogP) is 0.116. The van der Waals surface area contributed by atoms with Crippen molar-refractivity contribution in [3.8, 4) is 11.8 Å². The third-order valence-electron chi connectivity index (χ3n) is 1.75. The molecule has 1 aromatic heterocycles. The van der Waals surface area contributed by atoms with Crippen molar-refractivity contribution >= 4 is 5.69 Å². The molecule has 2 aromatic rings. The number of nitrogens with zero attached hydrogens (tertiary/aromatic N) is 5. The minimum atomic E-state index is 0.469. The molecule has 0 fully saturated rings. The average Bonchev–Trinajstić information content (AvgIpc) is 2.70. The fourth-order valence-electron chi connectivity index (χ4n) is 1.10. The highest BCUT2D eigenvalue weighted by Crippen LogP contribution is 2.16. The summed E-state index contributed by atoms with van der Waals surface area (Å²) < 4.78 is 1.44. The summed E-state index contributed by atoms with van der Waals surface area (Å²) >= 11 is 0. The van der Waals surface area contributed by atoms with Crippen molar-refractivity contribution in [2.45, 2.75) is 0 Å². The van der Waals surface area contributed by atoms with Crippen LogP contribution in [-0.4, -0.2) is 20.2 Å². The molecule has 14 heavy (non-hydrogen) atoms. The molecule has 68 valence electrons. The SMILES string of the molecule is N#Cc1ccc(-n2cnnn2)c(N)c1. The van der Waals surface area contributed by atoms with Gasteiger partial charge in [0, 0.05) is 0 Å². The van der Waals surface area contributed by atoms with Crippen LogP contribution in [0.4, 0.5) is 5.69 Å². The average molecular weight is 186 g/mol. The van der Waals surface area contributed by atoms with E-state index >= 15 is 0 Å². The number of nitrogen functional groups attached to an aromatic ring is 1. The van der Waals surface area contributed by atoms with Crippen LogP contribution >= 0.6 is 0 Å². The van der Waals surface area contributed by atoms with E-state index in [1.807, 2.05) is 6.07 Å². The molecule has 0 aliphatic heterocycles. The van der Waals surface area contributed by atoms with Gasteiger partial charge < -0.3 is 5.73 Å². The zero-order chi connectivity index (χ0) is 9.97. The van der Waals surface area contributed by atoms with Crippen LogP contribution in [0.3, 0.4) is 0 Å². The molecule has 0 aliphatic rings. The van der Waals surface area contributed by atoms with Gasteiger partial charge in [0.2, 0.25) is 0 Å². The lowest BCUT2D eigenvalue weighted by atomic mass is 10.2. The van der Waals surface area contributed by atoms with Gasteiger partial charge in [0.25, 0.3) is 0 Å². The standard InChI is InChI=1S/C8H6N6/c9-4-6-1-2-8(7(10)3-6)14-5-11-12-13-14/h1-3,5H,10H2. The lowest BCUT2D eigenvalue weighted by Crippen LogP contribution is -2.00. The van der Waals surface area contributed by atoms with Crippen molar-refractivity contribution in [2.75, 3.05) is 5.73 Å². The first-order chi connectivity index (χ1) is 6.81. The van der Waals surface area contributed by atoms with Crippen molar-refractivity contribution < 1.29 is 0 Å². The van der Waals surface area contributed by atoms with Crippen LogP contribution in [-0.2, 0) is 0 Å². The number of nitrogens with two attached hydrogens (primary N) is 1. The van der Waals surface area contributed by atoms with Crippen molar-refractivity contribution in [2.24, 2.45) is 0 Å². The molecule has 2 N–H and O–H groups in total. The van der Waals surface area contributed by atoms with E-state index in [0.29, 0.717) is 16.9 Å². The van der Waals surface area contributed by atoms with E-state index in [4.69, 9.17) is 11.0 Å². The topological polar surface area (TPSA) is 93.4 Å². The highest BCUT2D eigenvalue weighted by atomic mass is 15.5. The summed E-state index contributed by atoms with van der Waals surface area (Å²) in [4.78, 5) is 0. The van der Waals surface area contributed by atoms with Crippen LogP contribution in [0, 0.1) is 11.3 Å². The molecule has 0 atom stereocenters. The summed E-state index contributed by atoms with van der Waals surface area (Å²) in [5, 5.41) is 19.3. The Morgan fingerprint density at radius 3 is 2.86 bits per heavy atom. The van der Waals surface area contributed by atoms with Crippen molar-refractivity contribution in [3.63, 3.8) is 0 Å². The van der Waals surface area contributed by atoms with Gasteiger partial charge in [0.15, 0.2) is 0 Å². The molecule has 1 aromatic carbocycles. The van der Waals surface area contributed by atoms with E-state index in [1.54, 1.807) is 18.2 Å². The maximum atomic E-state index is 8.63. The molecule has 0 radical (unpaired) electrons. The Hall–Kier alpha value is -2.42. The summed E-state index contributed by atoms with van der Waals surface area (Å²) in [6.07, 6.45) is 1.44. The van der Waals surface area contributed by atoms with Crippen LogP contribution in [0.5, 0.6) is 0 Å². The fourth-order valence-corrected chi connectivity index (χ4v) is 1.10. The van der Waals surface area contributed by atoms with Crippen LogP contribution < -0.4 is 5.73 Å². The largest absolute Gasteiger partial charge is 0.397 e. The van der Waals surface area contributed by atoms with Gasteiger partial charge in [-0.05, 0) is 28.6 Å². The molecule has 6 nitrogen and oxygen atoms in total. The summed E-state index contributed by atoms with van der Waals surface area (Å²) in [7, 11) is 0. The Bertz CT molecular complexity index is 481. The normalized spacial score (nSPS) is 9.64. The maximum absolute atomic E-state index is 8.63. The first kappa shape index (κ1) is 8.19. The Morgan fingerprint density at radius 2 is 2.29 bits per heavy atom. The molecule has 0 unspecified atom stereocenters. The van der Waals surface area contributed by atoms with E-state index < -0.39 is 0 Å². The highest BCUT2D eigenvalue weighted by molar-refractivity contribution is 5.60. The summed E-state index contributed by atoms with van der Waals surface area (Å²) in [5.41, 5.74) is 7.36. The Kier molecular flexibility index (Phi) is 1.84. The number of hydrogen-bond acceptors (Lipinski definition) is 5. The van der Waals surface area contributed by atoms with Crippen LogP contribution in [0.2, 0.25) is 0 Å². The van der Waals surface area contributed by atoms with Gasteiger partial charge in [-0.15, -0.1) is 5.10 Å². The molecule has 6 heteroatoms. The number of hydrogen-bond donors (Lipinski definition) is 1. The summed E-state index contributed by atoms with van der Waals surface area (Å²) in [5.74, 6) is 0. The molecule has 0 spiro atoms. The quantitative estimate of drug-likeness (QED) is 0.638. The predicted molar refractivity (Wildman–Crippen MR) is 48.3 cm³/mol. The molecular formula is C8H6N6. The zero-order valence-electron chi connectivity index (χ0n) is 7.12. The monoisotopic (exact) mass is 186 g/mol. The fraction of sp³-hybridized carbons (Fsp3) is 0. The number of nitriles is 1. The minimum Gasteiger partial charge on any atom is -0.397 e. The zero-order valence-corrected chi connectivity index (χ0v) is 7.12. The van der Waals surface area contributed by atoms with E-state index in [9.17, 15) is 0 Å². The van der Waals surface area contributed by atoms with Gasteiger partial charge in [0.1, 0.15) is 6.33 Å². The first-order valence-electron chi connectivity index (χ1n) is 3.84. The summed E-state index contributed by atoms with van der Waals surface area (Å²) in [6.45, 7) is 0. The lowest BCUT2D eigenvalue weighted by Gasteiger charge is -2.03. The van der Waals surface area contributed by atoms with E-state index in [1.165, 1.54) is 11.0 Å². The first-order valence-corrected chi connectivity index (χ1v) is 3.84. The minimum absolute atomic E-state index is 0.469. The van der Waals surface area contributed by atoms with Crippen LogP contribution in [0.25, 0.3) is 5.69 Å². The number of tetrazole rings is 1. The molecule has 1 heterocycles. The smallest absolute Gasteiger partial charge is 0.143 e. The van der Waals surface area contributed by atoms with E-state index in [-0.39, 0.29) is 0 Å². The summed E-state index contributed by atoms with van der Waals surface area (Å²) in [6, 6.07) is 6.94. The lowest BCUT2D eigenvalue weighted by molar-refractivity contribution is 0.790. The Morgan fingerprint density at radius 1 is 1.43 bits per heavy atom. The molecule has 0 saturated carbocycles. The Balaban J connectivity index is 2.52. The van der Waals surface area contributed by atoms with Crippen molar-refractivity contribution in [1.29, 1.82) is 5.26 Å². The third kappa shape index (κ3) is 1.27. The van der Waals surface area contributed by atoms with E-state index in [0.717, 1.165) is 0 Å². The third-order valence-corrected chi connectivity index (χ3v) is 1.75. The molecule has 0 amide bonds. The second kappa shape index (κ2) is 3.14.